The van der Waals surface area contributed by atoms with E-state index in [2.05, 4.69) is 4.98 Å². The molecule has 70 valence electrons. The predicted octanol–water partition coefficient (Wildman–Crippen LogP) is 1.23. The summed E-state index contributed by atoms with van der Waals surface area (Å²) >= 11 is 0. The van der Waals surface area contributed by atoms with Crippen LogP contribution in [0.2, 0.25) is 0 Å². The van der Waals surface area contributed by atoms with E-state index in [1.54, 1.807) is 18.2 Å². The second kappa shape index (κ2) is 4.45. The molecular formula is C9H12N2O2. The normalized spacial score (nSPS) is 9.62. The number of ether oxygens (including phenoxy) is 1. The Morgan fingerprint density at radius 1 is 1.62 bits per heavy atom. The number of anilines is 1. The molecule has 4 nitrogen and oxygen atoms in total. The molecule has 0 radical (unpaired) electrons. The molecule has 0 bridgehead atoms. The molecule has 0 saturated heterocycles. The van der Waals surface area contributed by atoms with Gasteiger partial charge in [-0.3, -0.25) is 0 Å². The van der Waals surface area contributed by atoms with E-state index in [1.807, 2.05) is 6.92 Å². The number of pyridine rings is 1. The summed E-state index contributed by atoms with van der Waals surface area (Å²) in [6.07, 6.45) is 0.800. The molecule has 2 N–H and O–H groups in total. The first kappa shape index (κ1) is 9.51. The second-order valence-corrected chi connectivity index (χ2v) is 2.58. The van der Waals surface area contributed by atoms with Gasteiger partial charge in [0, 0.05) is 0 Å². The zero-order chi connectivity index (χ0) is 9.68. The lowest BCUT2D eigenvalue weighted by Crippen LogP contribution is -2.08. The molecule has 0 amide bonds. The van der Waals surface area contributed by atoms with E-state index in [1.165, 1.54) is 0 Å². The quantitative estimate of drug-likeness (QED) is 0.710. The summed E-state index contributed by atoms with van der Waals surface area (Å²) in [5.74, 6) is -0.0971. The predicted molar refractivity (Wildman–Crippen MR) is 49.2 cm³/mol. The van der Waals surface area contributed by atoms with Gasteiger partial charge in [0.25, 0.3) is 0 Å². The van der Waals surface area contributed by atoms with Crippen LogP contribution in [0.5, 0.6) is 0 Å². The highest BCUT2D eigenvalue weighted by atomic mass is 16.5. The van der Waals surface area contributed by atoms with Crippen LogP contribution in [0, 0.1) is 0 Å². The van der Waals surface area contributed by atoms with Gasteiger partial charge in [-0.05, 0) is 18.6 Å². The number of carbonyl (C=O) groups excluding carboxylic acids is 1. The minimum Gasteiger partial charge on any atom is -0.461 e. The highest BCUT2D eigenvalue weighted by molar-refractivity contribution is 5.87. The minimum absolute atomic E-state index is 0.258. The van der Waals surface area contributed by atoms with Gasteiger partial charge in [-0.25, -0.2) is 9.78 Å². The fourth-order valence-corrected chi connectivity index (χ4v) is 0.834. The Balaban J connectivity index is 2.66. The van der Waals surface area contributed by atoms with Crippen molar-refractivity contribution in [3.63, 3.8) is 0 Å². The third kappa shape index (κ3) is 2.74. The van der Waals surface area contributed by atoms with E-state index < -0.39 is 5.97 Å². The van der Waals surface area contributed by atoms with Crippen molar-refractivity contribution in [3.05, 3.63) is 23.9 Å². The largest absolute Gasteiger partial charge is 0.461 e. The highest BCUT2D eigenvalue weighted by Crippen LogP contribution is 2.02. The number of nitrogen functional groups attached to an aromatic ring is 1. The van der Waals surface area contributed by atoms with Crippen LogP contribution in [0.25, 0.3) is 0 Å². The third-order valence-electron chi connectivity index (χ3n) is 1.42. The lowest BCUT2D eigenvalue weighted by atomic mass is 10.3. The van der Waals surface area contributed by atoms with Gasteiger partial charge in [0.15, 0.2) is 5.69 Å². The van der Waals surface area contributed by atoms with E-state index in [4.69, 9.17) is 10.5 Å². The number of aromatic nitrogens is 1. The first-order chi connectivity index (χ1) is 6.24. The number of nitrogens with two attached hydrogens (primary N) is 1. The molecule has 1 aromatic heterocycles. The molecule has 0 aromatic carbocycles. The first-order valence-electron chi connectivity index (χ1n) is 4.13. The van der Waals surface area contributed by atoms with Crippen LogP contribution < -0.4 is 5.73 Å². The smallest absolute Gasteiger partial charge is 0.357 e. The molecule has 1 heterocycles. The van der Waals surface area contributed by atoms with Crippen LogP contribution in [-0.4, -0.2) is 17.6 Å². The Labute approximate surface area is 76.7 Å². The molecule has 0 saturated carbocycles. The summed E-state index contributed by atoms with van der Waals surface area (Å²) in [6, 6.07) is 4.87. The highest BCUT2D eigenvalue weighted by Gasteiger charge is 2.07. The van der Waals surface area contributed by atoms with Crippen molar-refractivity contribution in [2.24, 2.45) is 0 Å². The molecule has 0 spiro atoms. The van der Waals surface area contributed by atoms with Gasteiger partial charge in [0.05, 0.1) is 6.61 Å². The second-order valence-electron chi connectivity index (χ2n) is 2.58. The number of nitrogens with zero attached hydrogens (tertiary/aromatic N) is 1. The molecule has 0 aliphatic rings. The van der Waals surface area contributed by atoms with Crippen LogP contribution in [0.15, 0.2) is 18.2 Å². The van der Waals surface area contributed by atoms with Crippen molar-refractivity contribution >= 4 is 11.8 Å². The average Bonchev–Trinajstić information content (AvgIpc) is 2.14. The lowest BCUT2D eigenvalue weighted by molar-refractivity contribution is 0.0498. The van der Waals surface area contributed by atoms with Crippen LogP contribution >= 0.6 is 0 Å². The molecule has 1 aromatic rings. The molecule has 1 rings (SSSR count). The lowest BCUT2D eigenvalue weighted by Gasteiger charge is -2.01. The molecule has 0 atom stereocenters. The van der Waals surface area contributed by atoms with Crippen LogP contribution in [0.3, 0.4) is 0 Å². The van der Waals surface area contributed by atoms with Crippen molar-refractivity contribution < 1.29 is 9.53 Å². The molecule has 0 aliphatic heterocycles. The van der Waals surface area contributed by atoms with Gasteiger partial charge in [-0.15, -0.1) is 0 Å². The standard InChI is InChI=1S/C9H12N2O2/c1-2-6-13-9(12)7-4-3-5-8(10)11-7/h3-5H,2,6H2,1H3,(H2,10,11). The first-order valence-corrected chi connectivity index (χ1v) is 4.13. The maximum Gasteiger partial charge on any atom is 0.357 e. The zero-order valence-electron chi connectivity index (χ0n) is 7.49. The molecule has 0 unspecified atom stereocenters. The van der Waals surface area contributed by atoms with Crippen molar-refractivity contribution in [1.29, 1.82) is 0 Å². The van der Waals surface area contributed by atoms with Crippen molar-refractivity contribution in [2.75, 3.05) is 12.3 Å². The summed E-state index contributed by atoms with van der Waals surface area (Å²) in [6.45, 7) is 2.34. The number of carbonyl (C=O) groups is 1. The van der Waals surface area contributed by atoms with E-state index in [0.717, 1.165) is 6.42 Å². The summed E-state index contributed by atoms with van der Waals surface area (Å²) in [4.78, 5) is 15.0. The summed E-state index contributed by atoms with van der Waals surface area (Å²) in [5.41, 5.74) is 5.66. The van der Waals surface area contributed by atoms with Gasteiger partial charge in [-0.2, -0.15) is 0 Å². The molecule has 0 aliphatic carbocycles. The minimum atomic E-state index is -0.422. The van der Waals surface area contributed by atoms with Crippen molar-refractivity contribution in [3.8, 4) is 0 Å². The Morgan fingerprint density at radius 2 is 2.38 bits per heavy atom. The maximum absolute atomic E-state index is 11.2. The van der Waals surface area contributed by atoms with Gasteiger partial charge >= 0.3 is 5.97 Å². The van der Waals surface area contributed by atoms with E-state index in [9.17, 15) is 4.79 Å². The summed E-state index contributed by atoms with van der Waals surface area (Å²) < 4.78 is 4.88. The Kier molecular flexibility index (Phi) is 3.25. The van der Waals surface area contributed by atoms with Gasteiger partial charge in [0.1, 0.15) is 5.82 Å². The SMILES string of the molecule is CCCOC(=O)c1cccc(N)n1. The monoisotopic (exact) mass is 180 g/mol. The average molecular weight is 180 g/mol. The third-order valence-corrected chi connectivity index (χ3v) is 1.42. The fourth-order valence-electron chi connectivity index (χ4n) is 0.834. The number of rotatable bonds is 3. The van der Waals surface area contributed by atoms with E-state index in [0.29, 0.717) is 12.4 Å². The number of hydrogen-bond donors (Lipinski definition) is 1. The Bertz CT molecular complexity index is 299. The number of hydrogen-bond acceptors (Lipinski definition) is 4. The van der Waals surface area contributed by atoms with Crippen LogP contribution in [0.4, 0.5) is 5.82 Å². The molecule has 13 heavy (non-hydrogen) atoms. The molecule has 0 fully saturated rings. The zero-order valence-corrected chi connectivity index (χ0v) is 7.49. The Hall–Kier alpha value is -1.58. The maximum atomic E-state index is 11.2. The molecular weight excluding hydrogens is 168 g/mol. The summed E-state index contributed by atoms with van der Waals surface area (Å²) in [5, 5.41) is 0. The van der Waals surface area contributed by atoms with Crippen molar-refractivity contribution in [1.82, 2.24) is 4.98 Å². The Morgan fingerprint density at radius 3 is 3.00 bits per heavy atom. The van der Waals surface area contributed by atoms with Crippen LogP contribution in [-0.2, 0) is 4.74 Å². The topological polar surface area (TPSA) is 65.2 Å². The summed E-state index contributed by atoms with van der Waals surface area (Å²) in [7, 11) is 0. The van der Waals surface area contributed by atoms with Crippen LogP contribution in [0.1, 0.15) is 23.8 Å². The fraction of sp³-hybridized carbons (Fsp3) is 0.333. The van der Waals surface area contributed by atoms with Gasteiger partial charge in [0.2, 0.25) is 0 Å². The van der Waals surface area contributed by atoms with E-state index >= 15 is 0 Å². The van der Waals surface area contributed by atoms with E-state index in [-0.39, 0.29) is 5.69 Å². The van der Waals surface area contributed by atoms with Gasteiger partial charge < -0.3 is 10.5 Å². The van der Waals surface area contributed by atoms with Gasteiger partial charge in [-0.1, -0.05) is 13.0 Å². The van der Waals surface area contributed by atoms with Crippen molar-refractivity contribution in [2.45, 2.75) is 13.3 Å². The molecule has 4 heteroatoms. The number of esters is 1.